The van der Waals surface area contributed by atoms with Crippen LogP contribution in [0.5, 0.6) is 0 Å². The van der Waals surface area contributed by atoms with Gasteiger partial charge in [-0.1, -0.05) is 13.8 Å². The van der Waals surface area contributed by atoms with Gasteiger partial charge in [0.2, 0.25) is 0 Å². The molecule has 0 aliphatic rings. The Morgan fingerprint density at radius 3 is 2.00 bits per heavy atom. The van der Waals surface area contributed by atoms with Gasteiger partial charge in [0.15, 0.2) is 11.6 Å². The molecule has 80 valence electrons. The molecule has 0 aliphatic heterocycles. The Morgan fingerprint density at radius 2 is 1.60 bits per heavy atom. The van der Waals surface area contributed by atoms with Gasteiger partial charge in [-0.3, -0.25) is 9.59 Å². The normalized spacial score (nSPS) is 10.0. The summed E-state index contributed by atoms with van der Waals surface area (Å²) in [6, 6.07) is 3.12. The molecule has 4 heteroatoms. The SMILES string of the molecule is CCCC(=O)c1ccc(C(=O)CC)nn1. The lowest BCUT2D eigenvalue weighted by Crippen LogP contribution is -2.07. The molecule has 0 saturated carbocycles. The number of carbonyl (C=O) groups excluding carboxylic acids is 2. The molecule has 0 N–H and O–H groups in total. The summed E-state index contributed by atoms with van der Waals surface area (Å²) < 4.78 is 0. The van der Waals surface area contributed by atoms with Crippen LogP contribution in [0.4, 0.5) is 0 Å². The van der Waals surface area contributed by atoms with Crippen molar-refractivity contribution in [2.75, 3.05) is 0 Å². The van der Waals surface area contributed by atoms with Crippen LogP contribution in [0, 0.1) is 0 Å². The highest BCUT2D eigenvalue weighted by atomic mass is 16.1. The smallest absolute Gasteiger partial charge is 0.183 e. The lowest BCUT2D eigenvalue weighted by molar-refractivity contribution is 0.0963. The van der Waals surface area contributed by atoms with Gasteiger partial charge in [0.25, 0.3) is 0 Å². The summed E-state index contributed by atoms with van der Waals surface area (Å²) >= 11 is 0. The van der Waals surface area contributed by atoms with Crippen molar-refractivity contribution in [3.05, 3.63) is 23.5 Å². The number of rotatable bonds is 5. The number of Topliss-reactive ketones (excluding diaryl/α,β-unsaturated/α-hetero) is 2. The number of hydrogen-bond donors (Lipinski definition) is 0. The van der Waals surface area contributed by atoms with Crippen molar-refractivity contribution in [1.82, 2.24) is 10.2 Å². The molecule has 1 aromatic heterocycles. The standard InChI is InChI=1S/C11H14N2O2/c1-3-5-11(15)9-7-6-8(12-13-9)10(14)4-2/h6-7H,3-5H2,1-2H3. The largest absolute Gasteiger partial charge is 0.292 e. The van der Waals surface area contributed by atoms with Crippen molar-refractivity contribution in [1.29, 1.82) is 0 Å². The van der Waals surface area contributed by atoms with Crippen molar-refractivity contribution in [3.8, 4) is 0 Å². The van der Waals surface area contributed by atoms with E-state index in [9.17, 15) is 9.59 Å². The van der Waals surface area contributed by atoms with E-state index < -0.39 is 0 Å². The average Bonchev–Trinajstić information content (AvgIpc) is 2.28. The maximum Gasteiger partial charge on any atom is 0.183 e. The van der Waals surface area contributed by atoms with Crippen LogP contribution in [-0.4, -0.2) is 21.8 Å². The van der Waals surface area contributed by atoms with Crippen LogP contribution in [-0.2, 0) is 0 Å². The summed E-state index contributed by atoms with van der Waals surface area (Å²) in [5, 5.41) is 7.48. The quantitative estimate of drug-likeness (QED) is 0.692. The predicted molar refractivity (Wildman–Crippen MR) is 55.9 cm³/mol. The summed E-state index contributed by atoms with van der Waals surface area (Å²) in [5.74, 6) is -0.0857. The molecule has 1 aromatic rings. The van der Waals surface area contributed by atoms with E-state index in [1.54, 1.807) is 19.1 Å². The summed E-state index contributed by atoms with van der Waals surface area (Å²) in [6.07, 6.45) is 1.66. The molecule has 0 aromatic carbocycles. The molecule has 15 heavy (non-hydrogen) atoms. The fourth-order valence-corrected chi connectivity index (χ4v) is 1.17. The molecule has 0 aliphatic carbocycles. The molecular weight excluding hydrogens is 192 g/mol. The van der Waals surface area contributed by atoms with Crippen LogP contribution in [0.15, 0.2) is 12.1 Å². The van der Waals surface area contributed by atoms with Crippen LogP contribution < -0.4 is 0 Å². The Balaban J connectivity index is 2.80. The maximum absolute atomic E-state index is 11.4. The first-order valence-corrected chi connectivity index (χ1v) is 5.09. The highest BCUT2D eigenvalue weighted by Crippen LogP contribution is 2.03. The minimum absolute atomic E-state index is 0.0273. The minimum atomic E-state index is -0.0583. The van der Waals surface area contributed by atoms with Gasteiger partial charge in [-0.25, -0.2) is 0 Å². The Kier molecular flexibility index (Phi) is 4.09. The monoisotopic (exact) mass is 206 g/mol. The van der Waals surface area contributed by atoms with Crippen LogP contribution in [0.1, 0.15) is 54.1 Å². The zero-order chi connectivity index (χ0) is 11.3. The van der Waals surface area contributed by atoms with Gasteiger partial charge in [-0.2, -0.15) is 0 Å². The fourth-order valence-electron chi connectivity index (χ4n) is 1.17. The van der Waals surface area contributed by atoms with Gasteiger partial charge >= 0.3 is 0 Å². The van der Waals surface area contributed by atoms with Gasteiger partial charge in [0, 0.05) is 12.8 Å². The molecule has 0 saturated heterocycles. The van der Waals surface area contributed by atoms with Gasteiger partial charge in [-0.15, -0.1) is 10.2 Å². The van der Waals surface area contributed by atoms with Crippen LogP contribution in [0.25, 0.3) is 0 Å². The second kappa shape index (κ2) is 5.34. The Labute approximate surface area is 88.7 Å². The van der Waals surface area contributed by atoms with Gasteiger partial charge in [0.05, 0.1) is 0 Å². The molecule has 1 heterocycles. The third-order valence-corrected chi connectivity index (χ3v) is 2.03. The van der Waals surface area contributed by atoms with Crippen molar-refractivity contribution in [3.63, 3.8) is 0 Å². The fraction of sp³-hybridized carbons (Fsp3) is 0.455. The van der Waals surface area contributed by atoms with E-state index in [1.807, 2.05) is 6.92 Å². The van der Waals surface area contributed by atoms with Crippen molar-refractivity contribution in [2.24, 2.45) is 0 Å². The Bertz CT molecular complexity index is 357. The zero-order valence-electron chi connectivity index (χ0n) is 8.99. The summed E-state index contributed by atoms with van der Waals surface area (Å²) in [7, 11) is 0. The summed E-state index contributed by atoms with van der Waals surface area (Å²) in [4.78, 5) is 22.6. The molecule has 0 fully saturated rings. The molecular formula is C11H14N2O2. The molecule has 0 spiro atoms. The van der Waals surface area contributed by atoms with Crippen LogP contribution >= 0.6 is 0 Å². The maximum atomic E-state index is 11.4. The van der Waals surface area contributed by atoms with Gasteiger partial charge in [-0.05, 0) is 18.6 Å². The number of hydrogen-bond acceptors (Lipinski definition) is 4. The van der Waals surface area contributed by atoms with Crippen LogP contribution in [0.3, 0.4) is 0 Å². The average molecular weight is 206 g/mol. The third-order valence-electron chi connectivity index (χ3n) is 2.03. The summed E-state index contributed by atoms with van der Waals surface area (Å²) in [6.45, 7) is 3.69. The van der Waals surface area contributed by atoms with Crippen molar-refractivity contribution >= 4 is 11.6 Å². The first-order chi connectivity index (χ1) is 7.19. The molecule has 0 unspecified atom stereocenters. The van der Waals surface area contributed by atoms with E-state index in [4.69, 9.17) is 0 Å². The van der Waals surface area contributed by atoms with E-state index in [1.165, 1.54) is 0 Å². The lowest BCUT2D eigenvalue weighted by Gasteiger charge is -1.98. The number of aromatic nitrogens is 2. The third kappa shape index (κ3) is 2.94. The topological polar surface area (TPSA) is 59.9 Å². The second-order valence-electron chi connectivity index (χ2n) is 3.25. The predicted octanol–water partition coefficient (Wildman–Crippen LogP) is 2.05. The van der Waals surface area contributed by atoms with Gasteiger partial charge < -0.3 is 0 Å². The molecule has 0 bridgehead atoms. The van der Waals surface area contributed by atoms with E-state index in [-0.39, 0.29) is 11.6 Å². The minimum Gasteiger partial charge on any atom is -0.292 e. The Morgan fingerprint density at radius 1 is 1.07 bits per heavy atom. The molecule has 0 radical (unpaired) electrons. The number of nitrogens with zero attached hydrogens (tertiary/aromatic N) is 2. The molecule has 4 nitrogen and oxygen atoms in total. The second-order valence-corrected chi connectivity index (χ2v) is 3.25. The zero-order valence-corrected chi connectivity index (χ0v) is 8.99. The van der Waals surface area contributed by atoms with E-state index in [2.05, 4.69) is 10.2 Å². The van der Waals surface area contributed by atoms with E-state index in [0.29, 0.717) is 24.2 Å². The molecule has 0 amide bonds. The van der Waals surface area contributed by atoms with Crippen molar-refractivity contribution in [2.45, 2.75) is 33.1 Å². The lowest BCUT2D eigenvalue weighted by atomic mass is 10.1. The number of carbonyl (C=O) groups is 2. The Hall–Kier alpha value is -1.58. The molecule has 0 atom stereocenters. The first-order valence-electron chi connectivity index (χ1n) is 5.09. The van der Waals surface area contributed by atoms with Crippen LogP contribution in [0.2, 0.25) is 0 Å². The highest BCUT2D eigenvalue weighted by Gasteiger charge is 2.09. The van der Waals surface area contributed by atoms with E-state index in [0.717, 1.165) is 6.42 Å². The first kappa shape index (κ1) is 11.5. The van der Waals surface area contributed by atoms with Crippen molar-refractivity contribution < 1.29 is 9.59 Å². The number of ketones is 2. The van der Waals surface area contributed by atoms with Gasteiger partial charge in [0.1, 0.15) is 11.4 Å². The summed E-state index contributed by atoms with van der Waals surface area (Å²) in [5.41, 5.74) is 0.662. The molecule has 1 rings (SSSR count). The highest BCUT2D eigenvalue weighted by molar-refractivity contribution is 5.96. The van der Waals surface area contributed by atoms with E-state index >= 15 is 0 Å².